The number of aromatic nitrogens is 2. The monoisotopic (exact) mass is 780 g/mol. The molecule has 2 heterocycles. The van der Waals surface area contributed by atoms with Crippen LogP contribution in [0.15, 0.2) is 64.0 Å². The number of hydrogen-bond donors (Lipinski definition) is 0. The molecule has 1 aliphatic carbocycles. The zero-order chi connectivity index (χ0) is 27.6. The molecule has 0 spiro atoms. The van der Waals surface area contributed by atoms with Gasteiger partial charge in [-0.1, -0.05) is 30.3 Å². The first-order valence-corrected chi connectivity index (χ1v) is 15.3. The SMILES string of the molecule is O=c1n(-c2ccc(I)cc2F)c2c(F)c(F)c3c(I)coc3c2n1S(=O)(=O)C1CC1COCc1ccccc1. The molecule has 0 aliphatic heterocycles. The van der Waals surface area contributed by atoms with Crippen molar-refractivity contribution in [2.24, 2.45) is 5.92 Å². The average molecular weight is 780 g/mol. The Morgan fingerprint density at radius 1 is 1.03 bits per heavy atom. The smallest absolute Gasteiger partial charge is 0.348 e. The van der Waals surface area contributed by atoms with Gasteiger partial charge in [0.2, 0.25) is 10.0 Å². The number of furan rings is 1. The number of ether oxygens (including phenoxy) is 1. The lowest BCUT2D eigenvalue weighted by atomic mass is 10.2. The number of nitrogens with zero attached hydrogens (tertiary/aromatic N) is 2. The molecule has 3 aromatic carbocycles. The number of fused-ring (bicyclic) bond motifs is 3. The Morgan fingerprint density at radius 2 is 1.77 bits per heavy atom. The van der Waals surface area contributed by atoms with Crippen molar-refractivity contribution in [2.75, 3.05) is 6.61 Å². The number of benzene rings is 3. The molecule has 2 atom stereocenters. The Balaban J connectivity index is 1.50. The minimum absolute atomic E-state index is 0.120. The molecule has 0 N–H and O–H groups in total. The third kappa shape index (κ3) is 4.41. The molecule has 5 aromatic rings. The lowest BCUT2D eigenvalue weighted by molar-refractivity contribution is 0.111. The van der Waals surface area contributed by atoms with Crippen molar-refractivity contribution in [3.05, 3.63) is 95.4 Å². The molecule has 2 unspecified atom stereocenters. The van der Waals surface area contributed by atoms with E-state index in [0.717, 1.165) is 17.9 Å². The summed E-state index contributed by atoms with van der Waals surface area (Å²) in [6, 6.07) is 13.1. The molecule has 0 radical (unpaired) electrons. The van der Waals surface area contributed by atoms with Gasteiger partial charge in [0.1, 0.15) is 23.1 Å². The molecular formula is C26H17F3I2N2O5S. The summed E-state index contributed by atoms with van der Waals surface area (Å²) in [6.45, 7) is 0.403. The van der Waals surface area contributed by atoms with Gasteiger partial charge in [0.05, 0.1) is 33.1 Å². The predicted molar refractivity (Wildman–Crippen MR) is 155 cm³/mol. The van der Waals surface area contributed by atoms with Crippen LogP contribution in [0.2, 0.25) is 0 Å². The molecule has 1 saturated carbocycles. The second-order valence-corrected chi connectivity index (χ2v) is 13.6. The molecule has 0 bridgehead atoms. The van der Waals surface area contributed by atoms with E-state index in [9.17, 15) is 13.2 Å². The van der Waals surface area contributed by atoms with Crippen molar-refractivity contribution in [3.8, 4) is 5.69 Å². The van der Waals surface area contributed by atoms with E-state index in [1.807, 2.05) is 52.9 Å². The normalized spacial score (nSPS) is 17.4. The number of halogens is 5. The molecule has 1 fully saturated rings. The fraction of sp³-hybridized carbons (Fsp3) is 0.192. The minimum Gasteiger partial charge on any atom is -0.461 e. The molecule has 0 amide bonds. The minimum atomic E-state index is -4.46. The van der Waals surface area contributed by atoms with Gasteiger partial charge in [-0.25, -0.2) is 26.4 Å². The summed E-state index contributed by atoms with van der Waals surface area (Å²) in [5.41, 5.74) is -2.28. The van der Waals surface area contributed by atoms with Crippen molar-refractivity contribution in [1.29, 1.82) is 0 Å². The molecule has 0 saturated heterocycles. The summed E-state index contributed by atoms with van der Waals surface area (Å²) in [5, 5.41) is -1.31. The van der Waals surface area contributed by atoms with Crippen LogP contribution in [0.1, 0.15) is 12.0 Å². The van der Waals surface area contributed by atoms with Gasteiger partial charge in [-0.3, -0.25) is 4.57 Å². The topological polar surface area (TPSA) is 83.4 Å². The predicted octanol–water partition coefficient (Wildman–Crippen LogP) is 5.95. The maximum Gasteiger partial charge on any atom is 0.348 e. The Kier molecular flexibility index (Phi) is 6.83. The molecule has 13 heteroatoms. The van der Waals surface area contributed by atoms with E-state index in [1.165, 1.54) is 12.1 Å². The van der Waals surface area contributed by atoms with Crippen LogP contribution in [-0.4, -0.2) is 28.8 Å². The summed E-state index contributed by atoms with van der Waals surface area (Å²) in [7, 11) is -4.46. The number of hydrogen-bond acceptors (Lipinski definition) is 5. The summed E-state index contributed by atoms with van der Waals surface area (Å²) >= 11 is 3.58. The number of rotatable bonds is 7. The van der Waals surface area contributed by atoms with E-state index in [0.29, 0.717) is 12.1 Å². The second kappa shape index (κ2) is 9.92. The highest BCUT2D eigenvalue weighted by molar-refractivity contribution is 14.1. The van der Waals surface area contributed by atoms with E-state index < -0.39 is 61.1 Å². The average Bonchev–Trinajstić information content (AvgIpc) is 3.49. The summed E-state index contributed by atoms with van der Waals surface area (Å²) in [5.74, 6) is -4.15. The highest BCUT2D eigenvalue weighted by atomic mass is 127. The van der Waals surface area contributed by atoms with E-state index in [-0.39, 0.29) is 34.2 Å². The Hall–Kier alpha value is -2.37. The van der Waals surface area contributed by atoms with Crippen LogP contribution in [0.25, 0.3) is 27.7 Å². The van der Waals surface area contributed by atoms with Crippen LogP contribution >= 0.6 is 45.2 Å². The van der Waals surface area contributed by atoms with Gasteiger partial charge < -0.3 is 9.15 Å². The van der Waals surface area contributed by atoms with Crippen LogP contribution in [0.4, 0.5) is 13.2 Å². The molecule has 202 valence electrons. The van der Waals surface area contributed by atoms with Crippen LogP contribution in [-0.2, 0) is 21.4 Å². The highest BCUT2D eigenvalue weighted by Crippen LogP contribution is 2.42. The Morgan fingerprint density at radius 3 is 2.49 bits per heavy atom. The summed E-state index contributed by atoms with van der Waals surface area (Å²) in [6.07, 6.45) is 1.34. The molecule has 6 rings (SSSR count). The van der Waals surface area contributed by atoms with Gasteiger partial charge in [-0.05, 0) is 75.4 Å². The third-order valence-corrected chi connectivity index (χ3v) is 10.3. The van der Waals surface area contributed by atoms with Gasteiger partial charge in [0.25, 0.3) is 0 Å². The van der Waals surface area contributed by atoms with Crippen molar-refractivity contribution in [1.82, 2.24) is 8.54 Å². The largest absolute Gasteiger partial charge is 0.461 e. The van der Waals surface area contributed by atoms with Gasteiger partial charge >= 0.3 is 5.69 Å². The van der Waals surface area contributed by atoms with Gasteiger partial charge in [0, 0.05) is 9.49 Å². The third-order valence-electron chi connectivity index (χ3n) is 6.69. The van der Waals surface area contributed by atoms with E-state index >= 15 is 13.2 Å². The first-order valence-electron chi connectivity index (χ1n) is 11.6. The molecular weight excluding hydrogens is 763 g/mol. The molecule has 7 nitrogen and oxygen atoms in total. The van der Waals surface area contributed by atoms with E-state index in [2.05, 4.69) is 0 Å². The van der Waals surface area contributed by atoms with Gasteiger partial charge in [-0.2, -0.15) is 3.97 Å². The molecule has 2 aromatic heterocycles. The summed E-state index contributed by atoms with van der Waals surface area (Å²) < 4.78 is 86.3. The summed E-state index contributed by atoms with van der Waals surface area (Å²) in [4.78, 5) is 13.7. The van der Waals surface area contributed by atoms with Crippen molar-refractivity contribution in [3.63, 3.8) is 0 Å². The standard InChI is InChI=1S/C26H17F3I2N2O5S/c27-16-9-15(30)6-7-18(16)32-23-22(29)21(28)20-17(31)12-38-25(20)24(23)33(26(32)34)39(35,36)19-8-14(19)11-37-10-13-4-2-1-3-5-13/h1-7,9,12,14,19H,8,10-11H2. The zero-order valence-corrected chi connectivity index (χ0v) is 24.8. The first kappa shape index (κ1) is 26.8. The van der Waals surface area contributed by atoms with Crippen LogP contribution in [0.5, 0.6) is 0 Å². The molecule has 39 heavy (non-hydrogen) atoms. The quantitative estimate of drug-likeness (QED) is 0.191. The van der Waals surface area contributed by atoms with Crippen LogP contribution in [0, 0.1) is 30.5 Å². The molecule has 1 aliphatic rings. The lowest BCUT2D eigenvalue weighted by Crippen LogP contribution is -2.32. The lowest BCUT2D eigenvalue weighted by Gasteiger charge is -2.07. The van der Waals surface area contributed by atoms with E-state index in [4.69, 9.17) is 9.15 Å². The Labute approximate surface area is 246 Å². The highest BCUT2D eigenvalue weighted by Gasteiger charge is 2.50. The van der Waals surface area contributed by atoms with Crippen molar-refractivity contribution >= 4 is 77.2 Å². The first-order chi connectivity index (χ1) is 18.6. The van der Waals surface area contributed by atoms with Crippen LogP contribution < -0.4 is 5.69 Å². The fourth-order valence-corrected chi connectivity index (χ4v) is 7.85. The fourth-order valence-electron chi connectivity index (χ4n) is 4.74. The van der Waals surface area contributed by atoms with Gasteiger partial charge in [0.15, 0.2) is 17.2 Å². The zero-order valence-electron chi connectivity index (χ0n) is 19.7. The van der Waals surface area contributed by atoms with Crippen molar-refractivity contribution in [2.45, 2.75) is 18.3 Å². The Bertz CT molecular complexity index is 1940. The number of imidazole rings is 1. The van der Waals surface area contributed by atoms with E-state index in [1.54, 1.807) is 22.6 Å². The van der Waals surface area contributed by atoms with Gasteiger partial charge in [-0.15, -0.1) is 0 Å². The van der Waals surface area contributed by atoms with Crippen LogP contribution in [0.3, 0.4) is 0 Å². The second-order valence-electron chi connectivity index (χ2n) is 9.17. The maximum atomic E-state index is 15.6. The maximum absolute atomic E-state index is 15.6. The van der Waals surface area contributed by atoms with Crippen molar-refractivity contribution < 1.29 is 30.7 Å².